The molecular weight excluding hydrogens is 330 g/mol. The van der Waals surface area contributed by atoms with Gasteiger partial charge in [0, 0.05) is 24.5 Å². The Kier molecular flexibility index (Phi) is 4.03. The maximum Gasteiger partial charge on any atom is 0.260 e. The van der Waals surface area contributed by atoms with Crippen molar-refractivity contribution >= 4 is 16.9 Å². The van der Waals surface area contributed by atoms with Crippen LogP contribution in [-0.2, 0) is 6.54 Å². The summed E-state index contributed by atoms with van der Waals surface area (Å²) in [7, 11) is 0. The van der Waals surface area contributed by atoms with Crippen LogP contribution < -0.4 is 10.9 Å². The van der Waals surface area contributed by atoms with Crippen LogP contribution in [0, 0.1) is 0 Å². The van der Waals surface area contributed by atoms with Gasteiger partial charge >= 0.3 is 0 Å². The van der Waals surface area contributed by atoms with E-state index in [1.54, 1.807) is 24.7 Å². The molecule has 0 saturated carbocycles. The van der Waals surface area contributed by atoms with E-state index in [1.807, 2.05) is 34.9 Å². The number of nitrogens with one attached hydrogen (secondary N) is 2. The predicted octanol–water partition coefficient (Wildman–Crippen LogP) is 2.04. The van der Waals surface area contributed by atoms with Gasteiger partial charge in [0.05, 0.1) is 11.0 Å². The van der Waals surface area contributed by atoms with Crippen molar-refractivity contribution in [1.82, 2.24) is 24.8 Å². The van der Waals surface area contributed by atoms with E-state index in [4.69, 9.17) is 0 Å². The molecular formula is C19H15N5O2. The van der Waals surface area contributed by atoms with Crippen LogP contribution in [0.25, 0.3) is 16.9 Å². The quantitative estimate of drug-likeness (QED) is 0.592. The normalized spacial score (nSPS) is 10.8. The maximum absolute atomic E-state index is 12.3. The smallest absolute Gasteiger partial charge is 0.260 e. The molecule has 0 unspecified atom stereocenters. The Hall–Kier alpha value is -3.74. The van der Waals surface area contributed by atoms with Crippen molar-refractivity contribution in [2.45, 2.75) is 6.54 Å². The highest BCUT2D eigenvalue weighted by molar-refractivity contribution is 5.93. The van der Waals surface area contributed by atoms with E-state index < -0.39 is 11.5 Å². The SMILES string of the molecule is O=C(NCc1cccnc1-n1cnc2ccccc21)c1ccc[nH]c1=O. The highest BCUT2D eigenvalue weighted by Gasteiger charge is 2.13. The maximum atomic E-state index is 12.3. The molecule has 4 aromatic rings. The molecule has 2 N–H and O–H groups in total. The number of aromatic amines is 1. The molecule has 3 aromatic heterocycles. The fraction of sp³-hybridized carbons (Fsp3) is 0.0526. The minimum absolute atomic E-state index is 0.0750. The van der Waals surface area contributed by atoms with Crippen LogP contribution in [0.1, 0.15) is 15.9 Å². The summed E-state index contributed by atoms with van der Waals surface area (Å²) in [4.78, 5) is 35.3. The first-order chi connectivity index (χ1) is 12.7. The Morgan fingerprint density at radius 3 is 2.85 bits per heavy atom. The number of aromatic nitrogens is 4. The monoisotopic (exact) mass is 345 g/mol. The fourth-order valence-corrected chi connectivity index (χ4v) is 2.78. The fourth-order valence-electron chi connectivity index (χ4n) is 2.78. The molecule has 4 rings (SSSR count). The lowest BCUT2D eigenvalue weighted by Gasteiger charge is -2.11. The standard InChI is InChI=1S/C19H15N5O2/c25-18-14(6-4-10-21-18)19(26)22-11-13-5-3-9-20-17(13)24-12-23-15-7-1-2-8-16(15)24/h1-10,12H,11H2,(H,21,25)(H,22,26). The lowest BCUT2D eigenvalue weighted by molar-refractivity contribution is 0.0949. The van der Waals surface area contributed by atoms with Crippen molar-refractivity contribution in [3.8, 4) is 5.82 Å². The number of H-pyrrole nitrogens is 1. The Bertz CT molecular complexity index is 1150. The Morgan fingerprint density at radius 2 is 1.96 bits per heavy atom. The minimum atomic E-state index is -0.433. The Morgan fingerprint density at radius 1 is 1.08 bits per heavy atom. The number of hydrogen-bond donors (Lipinski definition) is 2. The zero-order chi connectivity index (χ0) is 17.9. The summed E-state index contributed by atoms with van der Waals surface area (Å²) < 4.78 is 1.88. The summed E-state index contributed by atoms with van der Waals surface area (Å²) in [6.07, 6.45) is 4.89. The number of carbonyl (C=O) groups is 1. The number of imidazole rings is 1. The Labute approximate surface area is 148 Å². The van der Waals surface area contributed by atoms with Crippen LogP contribution in [-0.4, -0.2) is 25.4 Å². The highest BCUT2D eigenvalue weighted by Crippen LogP contribution is 2.19. The second kappa shape index (κ2) is 6.64. The molecule has 1 amide bonds. The van der Waals surface area contributed by atoms with Gasteiger partial charge in [-0.25, -0.2) is 9.97 Å². The third-order valence-corrected chi connectivity index (χ3v) is 4.05. The molecule has 128 valence electrons. The van der Waals surface area contributed by atoms with Gasteiger partial charge in [0.1, 0.15) is 17.7 Å². The number of benzene rings is 1. The van der Waals surface area contributed by atoms with E-state index >= 15 is 0 Å². The van der Waals surface area contributed by atoms with Crippen molar-refractivity contribution in [3.05, 3.63) is 88.7 Å². The molecule has 7 heteroatoms. The van der Waals surface area contributed by atoms with Crippen molar-refractivity contribution in [2.24, 2.45) is 0 Å². The lowest BCUT2D eigenvalue weighted by atomic mass is 10.2. The first-order valence-corrected chi connectivity index (χ1v) is 8.06. The lowest BCUT2D eigenvalue weighted by Crippen LogP contribution is -2.29. The number of pyridine rings is 2. The number of carbonyl (C=O) groups excluding carboxylic acids is 1. The van der Waals surface area contributed by atoms with Crippen molar-refractivity contribution in [2.75, 3.05) is 0 Å². The van der Waals surface area contributed by atoms with E-state index in [2.05, 4.69) is 20.3 Å². The van der Waals surface area contributed by atoms with Gasteiger partial charge in [0.2, 0.25) is 0 Å². The summed E-state index contributed by atoms with van der Waals surface area (Å²) in [6.45, 7) is 0.239. The van der Waals surface area contributed by atoms with E-state index in [9.17, 15) is 9.59 Å². The number of para-hydroxylation sites is 2. The van der Waals surface area contributed by atoms with Gasteiger partial charge in [-0.15, -0.1) is 0 Å². The number of amides is 1. The molecule has 0 aliphatic heterocycles. The summed E-state index contributed by atoms with van der Waals surface area (Å²) >= 11 is 0. The first-order valence-electron chi connectivity index (χ1n) is 8.06. The minimum Gasteiger partial charge on any atom is -0.348 e. The van der Waals surface area contributed by atoms with Crippen LogP contribution in [0.5, 0.6) is 0 Å². The number of hydrogen-bond acceptors (Lipinski definition) is 4. The van der Waals surface area contributed by atoms with Gasteiger partial charge in [-0.05, 0) is 30.3 Å². The molecule has 0 bridgehead atoms. The van der Waals surface area contributed by atoms with Gasteiger partial charge in [0.25, 0.3) is 11.5 Å². The molecule has 0 aliphatic rings. The van der Waals surface area contributed by atoms with Crippen LogP contribution in [0.15, 0.2) is 72.0 Å². The third kappa shape index (κ3) is 2.86. The van der Waals surface area contributed by atoms with Gasteiger partial charge in [0.15, 0.2) is 0 Å². The summed E-state index contributed by atoms with van der Waals surface area (Å²) in [5, 5.41) is 2.77. The number of rotatable bonds is 4. The van der Waals surface area contributed by atoms with Crippen LogP contribution in [0.3, 0.4) is 0 Å². The molecule has 0 aliphatic carbocycles. The molecule has 0 spiro atoms. The van der Waals surface area contributed by atoms with E-state index in [0.29, 0.717) is 5.82 Å². The third-order valence-electron chi connectivity index (χ3n) is 4.05. The predicted molar refractivity (Wildman–Crippen MR) is 97.1 cm³/mol. The van der Waals surface area contributed by atoms with Gasteiger partial charge in [-0.1, -0.05) is 18.2 Å². The Balaban J connectivity index is 1.64. The second-order valence-electron chi connectivity index (χ2n) is 5.69. The van der Waals surface area contributed by atoms with Crippen LogP contribution in [0.2, 0.25) is 0 Å². The molecule has 1 aromatic carbocycles. The number of fused-ring (bicyclic) bond motifs is 1. The van der Waals surface area contributed by atoms with Gasteiger partial charge in [-0.2, -0.15) is 0 Å². The largest absolute Gasteiger partial charge is 0.348 e. The highest BCUT2D eigenvalue weighted by atomic mass is 16.2. The summed E-state index contributed by atoms with van der Waals surface area (Å²) in [6, 6.07) is 14.5. The average Bonchev–Trinajstić information content (AvgIpc) is 3.11. The van der Waals surface area contributed by atoms with Crippen LogP contribution >= 0.6 is 0 Å². The zero-order valence-corrected chi connectivity index (χ0v) is 13.7. The molecule has 3 heterocycles. The second-order valence-corrected chi connectivity index (χ2v) is 5.69. The van der Waals surface area contributed by atoms with Gasteiger partial charge < -0.3 is 10.3 Å². The molecule has 0 radical (unpaired) electrons. The van der Waals surface area contributed by atoms with E-state index in [1.165, 1.54) is 12.3 Å². The van der Waals surface area contributed by atoms with Crippen molar-refractivity contribution in [1.29, 1.82) is 0 Å². The van der Waals surface area contributed by atoms with Crippen molar-refractivity contribution < 1.29 is 4.79 Å². The molecule has 26 heavy (non-hydrogen) atoms. The summed E-state index contributed by atoms with van der Waals surface area (Å²) in [5.74, 6) is 0.251. The number of nitrogens with zero attached hydrogens (tertiary/aromatic N) is 3. The van der Waals surface area contributed by atoms with E-state index in [-0.39, 0.29) is 12.1 Å². The summed E-state index contributed by atoms with van der Waals surface area (Å²) in [5.41, 5.74) is 2.27. The topological polar surface area (TPSA) is 92.7 Å². The van der Waals surface area contributed by atoms with E-state index in [0.717, 1.165) is 16.6 Å². The molecule has 0 fully saturated rings. The zero-order valence-electron chi connectivity index (χ0n) is 13.7. The molecule has 0 atom stereocenters. The molecule has 0 saturated heterocycles. The van der Waals surface area contributed by atoms with Gasteiger partial charge in [-0.3, -0.25) is 14.2 Å². The van der Waals surface area contributed by atoms with Crippen LogP contribution in [0.4, 0.5) is 0 Å². The average molecular weight is 345 g/mol. The van der Waals surface area contributed by atoms with Crippen molar-refractivity contribution in [3.63, 3.8) is 0 Å². The molecule has 7 nitrogen and oxygen atoms in total. The first kappa shape index (κ1) is 15.8.